The van der Waals surface area contributed by atoms with Gasteiger partial charge in [-0.05, 0) is 251 Å². The number of carbonyl (C=O) groups is 6. The van der Waals surface area contributed by atoms with Crippen LogP contribution in [0.4, 0.5) is 26.3 Å². The van der Waals surface area contributed by atoms with Gasteiger partial charge >= 0.3 is 51.6 Å². The van der Waals surface area contributed by atoms with Gasteiger partial charge in [0.1, 0.15) is 5.60 Å². The molecule has 810 valence electrons. The summed E-state index contributed by atoms with van der Waals surface area (Å²) in [6.07, 6.45) is 14.1. The second kappa shape index (κ2) is 57.0. The minimum absolute atomic E-state index is 0.0497. The van der Waals surface area contributed by atoms with Gasteiger partial charge in [0.05, 0.1) is 83.0 Å². The van der Waals surface area contributed by atoms with Crippen molar-refractivity contribution >= 4 is 98.9 Å². The maximum atomic E-state index is 13.4. The average Bonchev–Trinajstić information content (AvgIpc) is 0.718. The Balaban J connectivity index is 0.000000241. The average molecular weight is 2170 g/mol. The number of alkyl halides is 6. The fourth-order valence-electron chi connectivity index (χ4n) is 16.9. The summed E-state index contributed by atoms with van der Waals surface area (Å²) in [5, 5.41) is -15.2. The summed E-state index contributed by atoms with van der Waals surface area (Å²) in [5.41, 5.74) is 2.90. The smallest absolute Gasteiger partial charge is 0.428 e. The standard InChI is InChI=1S/3C22H23S.C18H26F2O7S.C16H28F2O7S.C15H26F2O7S/c3*1-22(2,3)18-14-16-21(17-15-18)23(19-10-6-4-7-11-19)20-12-8-5-9-13-20;1-3-11(2)14(21)27-17-7-12-4-13(8-17)6-16(5-12,9-17)10-26-15(22)18(19,20)28(23,24)25;1-4-15(2,3)13(19)24-11-9-7-5-6-8-10-12-25-14(20)16(17,18)26(21,22)23;1-3-12(2)13(18)23-10-8-6-4-5-7-9-11-24-14(19)15(16,17)25(20,21)22/h3*4-17H,1-3H3;11-13H,3-10H2,1-2H3,(H,23,24,25);4-12H2,1-3H3,(H,21,22,23);12H,3-11H2,1-2H3,(H,20,21,22)/q3*+1;;;/p-3. The summed E-state index contributed by atoms with van der Waals surface area (Å²) in [5.74, 6) is -7.64. The van der Waals surface area contributed by atoms with Crippen LogP contribution in [-0.4, -0.2) is 129 Å². The molecule has 4 unspecified atom stereocenters. The van der Waals surface area contributed by atoms with Crippen LogP contribution in [0, 0.1) is 34.5 Å². The molecule has 0 amide bonds. The van der Waals surface area contributed by atoms with Gasteiger partial charge in [-0.2, -0.15) is 26.3 Å². The molecule has 4 aliphatic rings. The quantitative estimate of drug-likeness (QED) is 0.00856. The minimum Gasteiger partial charge on any atom is -0.743 e. The van der Waals surface area contributed by atoms with E-state index in [0.29, 0.717) is 77.4 Å². The Labute approximate surface area is 881 Å². The van der Waals surface area contributed by atoms with Crippen LogP contribution in [0.5, 0.6) is 0 Å². The van der Waals surface area contributed by atoms with Crippen LogP contribution >= 0.6 is 0 Å². The molecule has 0 heterocycles. The Bertz CT molecular complexity index is 5510. The molecule has 0 spiro atoms. The maximum absolute atomic E-state index is 13.4. The Hall–Kier alpha value is -9.84. The molecule has 0 aromatic heterocycles. The second-order valence-electron chi connectivity index (χ2n) is 41.3. The van der Waals surface area contributed by atoms with Crippen LogP contribution in [0.2, 0.25) is 0 Å². The zero-order chi connectivity index (χ0) is 110. The first-order valence-corrected chi connectivity index (χ1v) is 58.2. The van der Waals surface area contributed by atoms with Crippen LogP contribution in [0.1, 0.15) is 262 Å². The third-order valence-corrected chi connectivity index (χ3v) is 34.9. The molecule has 9 aromatic carbocycles. The van der Waals surface area contributed by atoms with Crippen molar-refractivity contribution in [3.8, 4) is 0 Å². The van der Waals surface area contributed by atoms with Crippen molar-refractivity contribution in [1.29, 1.82) is 0 Å². The van der Waals surface area contributed by atoms with Crippen LogP contribution in [0.15, 0.2) is 299 Å². The highest BCUT2D eigenvalue weighted by molar-refractivity contribution is 7.97. The zero-order valence-electron chi connectivity index (χ0n) is 87.7. The molecular formula is C115H146F6O21S6. The summed E-state index contributed by atoms with van der Waals surface area (Å²) < 4.78 is 200. The van der Waals surface area contributed by atoms with Gasteiger partial charge in [-0.1, -0.05) is 294 Å². The molecule has 0 N–H and O–H groups in total. The summed E-state index contributed by atoms with van der Waals surface area (Å²) in [6, 6.07) is 92.2. The molecule has 4 fully saturated rings. The molecule has 4 atom stereocenters. The Morgan fingerprint density at radius 1 is 0.324 bits per heavy atom. The highest BCUT2D eigenvalue weighted by atomic mass is 32.2. The van der Waals surface area contributed by atoms with Crippen molar-refractivity contribution in [3.63, 3.8) is 0 Å². The lowest BCUT2D eigenvalue weighted by Crippen LogP contribution is -2.59. The van der Waals surface area contributed by atoms with E-state index in [9.17, 15) is 94.0 Å². The number of ether oxygens (including phenoxy) is 6. The Morgan fingerprint density at radius 2 is 0.554 bits per heavy atom. The highest BCUT2D eigenvalue weighted by Crippen LogP contribution is 2.63. The number of benzene rings is 9. The predicted octanol–water partition coefficient (Wildman–Crippen LogP) is 26.4. The summed E-state index contributed by atoms with van der Waals surface area (Å²) >= 11 is 0. The summed E-state index contributed by atoms with van der Waals surface area (Å²) in [4.78, 5) is 81.0. The molecule has 148 heavy (non-hydrogen) atoms. The fourth-order valence-corrected chi connectivity index (χ4v) is 23.9. The molecule has 21 nitrogen and oxygen atoms in total. The number of esters is 6. The first-order valence-electron chi connectivity index (χ1n) is 50.3. The molecule has 0 radical (unpaired) electrons. The van der Waals surface area contributed by atoms with Crippen LogP contribution in [-0.2, 0) is 136 Å². The number of hydrogen-bond donors (Lipinski definition) is 0. The highest BCUT2D eigenvalue weighted by Gasteiger charge is 2.61. The number of hydrogen-bond acceptors (Lipinski definition) is 21. The van der Waals surface area contributed by atoms with Crippen LogP contribution in [0.3, 0.4) is 0 Å². The van der Waals surface area contributed by atoms with Gasteiger partial charge in [0.2, 0.25) is 0 Å². The van der Waals surface area contributed by atoms with Crippen molar-refractivity contribution in [1.82, 2.24) is 0 Å². The molecule has 0 aliphatic heterocycles. The van der Waals surface area contributed by atoms with E-state index in [1.54, 1.807) is 13.8 Å². The van der Waals surface area contributed by atoms with E-state index >= 15 is 0 Å². The minimum atomic E-state index is -6.15. The molecule has 4 aliphatic carbocycles. The number of unbranched alkanes of at least 4 members (excludes halogenated alkanes) is 10. The van der Waals surface area contributed by atoms with E-state index in [2.05, 4.69) is 331 Å². The lowest BCUT2D eigenvalue weighted by Gasteiger charge is -2.61. The van der Waals surface area contributed by atoms with E-state index in [1.165, 1.54) is 60.7 Å². The summed E-state index contributed by atoms with van der Waals surface area (Å²) in [6.45, 7) is 32.8. The topological polar surface area (TPSA) is 329 Å². The number of halogens is 6. The number of rotatable bonds is 42. The van der Waals surface area contributed by atoms with Gasteiger partial charge in [-0.3, -0.25) is 14.4 Å². The van der Waals surface area contributed by atoms with Gasteiger partial charge in [0.25, 0.3) is 0 Å². The van der Waals surface area contributed by atoms with Crippen molar-refractivity contribution in [2.24, 2.45) is 34.5 Å². The molecule has 4 saturated carbocycles. The zero-order valence-corrected chi connectivity index (χ0v) is 92.6. The van der Waals surface area contributed by atoms with Crippen molar-refractivity contribution in [2.45, 2.75) is 327 Å². The first kappa shape index (κ1) is 125. The lowest BCUT2D eigenvalue weighted by molar-refractivity contribution is -0.215. The van der Waals surface area contributed by atoms with E-state index in [-0.39, 0.29) is 117 Å². The van der Waals surface area contributed by atoms with Crippen LogP contribution < -0.4 is 0 Å². The normalized spacial score (nSPS) is 16.6. The van der Waals surface area contributed by atoms with Crippen molar-refractivity contribution in [2.75, 3.05) is 33.0 Å². The first-order chi connectivity index (χ1) is 69.4. The van der Waals surface area contributed by atoms with Gasteiger partial charge in [0.15, 0.2) is 74.4 Å². The molecular weight excluding hydrogens is 2020 g/mol. The van der Waals surface area contributed by atoms with E-state index in [4.69, 9.17) is 14.2 Å². The third-order valence-electron chi connectivity index (χ3n) is 25.8. The van der Waals surface area contributed by atoms with E-state index in [1.807, 2.05) is 34.6 Å². The molecule has 4 bridgehead atoms. The molecule has 33 heteroatoms. The Kier molecular flexibility index (Phi) is 48.2. The summed E-state index contributed by atoms with van der Waals surface area (Å²) in [7, 11) is -18.4. The van der Waals surface area contributed by atoms with Gasteiger partial charge in [-0.15, -0.1) is 0 Å². The molecule has 13 rings (SSSR count). The molecule has 0 saturated heterocycles. The van der Waals surface area contributed by atoms with E-state index in [0.717, 1.165) is 57.8 Å². The largest absolute Gasteiger partial charge is 0.743 e. The Morgan fingerprint density at radius 3 is 0.797 bits per heavy atom. The van der Waals surface area contributed by atoms with Gasteiger partial charge in [-0.25, -0.2) is 39.6 Å². The second-order valence-corrected chi connectivity index (χ2v) is 51.7. The lowest BCUT2D eigenvalue weighted by atomic mass is 9.48. The third kappa shape index (κ3) is 38.2. The van der Waals surface area contributed by atoms with Gasteiger partial charge in [0, 0.05) is 5.41 Å². The number of carbonyl (C=O) groups excluding carboxylic acids is 6. The fraction of sp³-hybridized carbons (Fsp3) is 0.478. The van der Waals surface area contributed by atoms with Crippen molar-refractivity contribution < 1.29 is 122 Å². The molecule has 9 aromatic rings. The monoisotopic (exact) mass is 2170 g/mol. The van der Waals surface area contributed by atoms with Crippen molar-refractivity contribution in [3.05, 3.63) is 271 Å². The SMILES string of the molecule is CC(C)(C)c1ccc([S+](c2ccccc2)c2ccccc2)cc1.CC(C)(C)c1ccc([S+](c2ccccc2)c2ccccc2)cc1.CC(C)(C)c1ccc([S+](c2ccccc2)c2ccccc2)cc1.CCC(C)(C)C(=O)OCCCCCCCCOC(=O)C(F)(F)S(=O)(=O)[O-].CCC(C)C(=O)OC12CC3CC(CC(COC(=O)C(F)(F)S(=O)(=O)[O-])(C3)C1)C2.CCC(C)C(=O)OCCCCCCCCOC(=O)C(F)(F)S(=O)(=O)[O-]. The van der Waals surface area contributed by atoms with E-state index < -0.39 is 87.1 Å². The van der Waals surface area contributed by atoms with Crippen LogP contribution in [0.25, 0.3) is 0 Å². The predicted molar refractivity (Wildman–Crippen MR) is 564 cm³/mol. The maximum Gasteiger partial charge on any atom is 0.428 e. The van der Waals surface area contributed by atoms with Gasteiger partial charge < -0.3 is 42.1 Å².